The van der Waals surface area contributed by atoms with Crippen molar-refractivity contribution >= 4 is 22.7 Å². The molecule has 0 fully saturated rings. The molecule has 1 aliphatic heterocycles. The van der Waals surface area contributed by atoms with Crippen LogP contribution in [0.2, 0.25) is 0 Å². The lowest BCUT2D eigenvalue weighted by atomic mass is 10.1. The number of rotatable bonds is 1. The van der Waals surface area contributed by atoms with Crippen LogP contribution in [0.25, 0.3) is 11.4 Å². The molecule has 0 radical (unpaired) electrons. The molecule has 126 valence electrons. The molecule has 4 rings (SSSR count). The van der Waals surface area contributed by atoms with E-state index in [1.165, 1.54) is 12.1 Å². The summed E-state index contributed by atoms with van der Waals surface area (Å²) in [4.78, 5) is 8.61. The summed E-state index contributed by atoms with van der Waals surface area (Å²) < 4.78 is 54.9. The summed E-state index contributed by atoms with van der Waals surface area (Å²) >= 11 is 0. The third-order valence-electron chi connectivity index (χ3n) is 3.55. The SMILES string of the molecule is O=S1c2cc(-c3noc(C(F)(F)F)n3)ccc2C=Nc2ccccc21. The van der Waals surface area contributed by atoms with E-state index in [4.69, 9.17) is 0 Å². The lowest BCUT2D eigenvalue weighted by Crippen LogP contribution is -2.04. The second-order valence-electron chi connectivity index (χ2n) is 5.17. The van der Waals surface area contributed by atoms with Gasteiger partial charge in [0.2, 0.25) is 5.82 Å². The number of para-hydroxylation sites is 1. The van der Waals surface area contributed by atoms with E-state index in [1.807, 2.05) is 0 Å². The number of hydrogen-bond donors (Lipinski definition) is 0. The van der Waals surface area contributed by atoms with Crippen molar-refractivity contribution in [2.24, 2.45) is 4.99 Å². The number of nitrogens with zero attached hydrogens (tertiary/aromatic N) is 3. The van der Waals surface area contributed by atoms with Gasteiger partial charge in [-0.25, -0.2) is 4.21 Å². The molecule has 3 aromatic rings. The first-order chi connectivity index (χ1) is 11.9. The maximum Gasteiger partial charge on any atom is 0.471 e. The van der Waals surface area contributed by atoms with E-state index in [-0.39, 0.29) is 11.4 Å². The number of aliphatic imine (C=N–C) groups is 1. The third-order valence-corrected chi connectivity index (χ3v) is 5.05. The summed E-state index contributed by atoms with van der Waals surface area (Å²) in [5, 5.41) is 3.36. The normalized spacial score (nSPS) is 16.2. The first-order valence-electron chi connectivity index (χ1n) is 7.04. The third kappa shape index (κ3) is 2.76. The molecular weight excluding hydrogens is 355 g/mol. The van der Waals surface area contributed by atoms with Crippen molar-refractivity contribution in [2.45, 2.75) is 16.0 Å². The Balaban J connectivity index is 1.81. The van der Waals surface area contributed by atoms with Crippen LogP contribution >= 0.6 is 0 Å². The van der Waals surface area contributed by atoms with Crippen LogP contribution in [0.3, 0.4) is 0 Å². The molecule has 0 N–H and O–H groups in total. The van der Waals surface area contributed by atoms with Gasteiger partial charge in [0, 0.05) is 17.3 Å². The zero-order valence-electron chi connectivity index (χ0n) is 12.3. The van der Waals surface area contributed by atoms with Gasteiger partial charge < -0.3 is 4.52 Å². The highest BCUT2D eigenvalue weighted by Gasteiger charge is 2.38. The van der Waals surface area contributed by atoms with E-state index < -0.39 is 22.9 Å². The predicted octanol–water partition coefficient (Wildman–Crippen LogP) is 3.99. The van der Waals surface area contributed by atoms with Crippen molar-refractivity contribution in [3.63, 3.8) is 0 Å². The van der Waals surface area contributed by atoms with Crippen LogP contribution in [0.5, 0.6) is 0 Å². The fourth-order valence-electron chi connectivity index (χ4n) is 2.37. The van der Waals surface area contributed by atoms with E-state index >= 15 is 0 Å². The van der Waals surface area contributed by atoms with Gasteiger partial charge in [0.25, 0.3) is 0 Å². The van der Waals surface area contributed by atoms with E-state index in [0.717, 1.165) is 0 Å². The van der Waals surface area contributed by atoms with Gasteiger partial charge in [0.1, 0.15) is 0 Å². The van der Waals surface area contributed by atoms with Crippen LogP contribution < -0.4 is 0 Å². The molecule has 0 saturated carbocycles. The highest BCUT2D eigenvalue weighted by Crippen LogP contribution is 2.34. The molecule has 2 heterocycles. The van der Waals surface area contributed by atoms with Crippen LogP contribution in [0.1, 0.15) is 11.5 Å². The van der Waals surface area contributed by atoms with Gasteiger partial charge >= 0.3 is 12.1 Å². The molecule has 0 spiro atoms. The average molecular weight is 363 g/mol. The van der Waals surface area contributed by atoms with Crippen molar-refractivity contribution < 1.29 is 21.9 Å². The van der Waals surface area contributed by atoms with Crippen molar-refractivity contribution in [3.8, 4) is 11.4 Å². The molecule has 0 bridgehead atoms. The van der Waals surface area contributed by atoms with Crippen LogP contribution in [0.15, 0.2) is 61.8 Å². The lowest BCUT2D eigenvalue weighted by Gasteiger charge is -2.06. The summed E-state index contributed by atoms with van der Waals surface area (Å²) in [6, 6.07) is 11.6. The van der Waals surface area contributed by atoms with Gasteiger partial charge in [-0.1, -0.05) is 29.4 Å². The minimum absolute atomic E-state index is 0.221. The highest BCUT2D eigenvalue weighted by atomic mass is 32.2. The minimum atomic E-state index is -4.72. The summed E-state index contributed by atoms with van der Waals surface area (Å²) in [5.41, 5.74) is 1.47. The number of fused-ring (bicyclic) bond motifs is 2. The molecule has 25 heavy (non-hydrogen) atoms. The van der Waals surface area contributed by atoms with Gasteiger partial charge in [-0.3, -0.25) is 4.99 Å². The Hall–Kier alpha value is -2.81. The summed E-state index contributed by atoms with van der Waals surface area (Å²) in [6.45, 7) is 0. The van der Waals surface area contributed by atoms with Crippen LogP contribution in [0, 0.1) is 0 Å². The Morgan fingerprint density at radius 1 is 1.04 bits per heavy atom. The van der Waals surface area contributed by atoms with Gasteiger partial charge in [-0.05, 0) is 18.2 Å². The quantitative estimate of drug-likeness (QED) is 0.513. The first-order valence-corrected chi connectivity index (χ1v) is 8.19. The molecule has 0 aliphatic carbocycles. The molecule has 0 amide bonds. The number of halogens is 3. The molecule has 1 unspecified atom stereocenters. The Morgan fingerprint density at radius 3 is 2.60 bits per heavy atom. The largest absolute Gasteiger partial charge is 0.471 e. The van der Waals surface area contributed by atoms with Crippen LogP contribution in [0.4, 0.5) is 18.9 Å². The number of hydrogen-bond acceptors (Lipinski definition) is 5. The molecular formula is C16H8F3N3O2S. The van der Waals surface area contributed by atoms with E-state index in [2.05, 4.69) is 19.7 Å². The fourth-order valence-corrected chi connectivity index (χ4v) is 3.69. The maximum atomic E-state index is 12.9. The van der Waals surface area contributed by atoms with Crippen molar-refractivity contribution in [3.05, 3.63) is 53.9 Å². The van der Waals surface area contributed by atoms with E-state index in [1.54, 1.807) is 36.5 Å². The molecule has 2 aromatic carbocycles. The topological polar surface area (TPSA) is 68.3 Å². The van der Waals surface area contributed by atoms with Crippen LogP contribution in [-0.4, -0.2) is 20.6 Å². The second-order valence-corrected chi connectivity index (χ2v) is 6.59. The zero-order chi connectivity index (χ0) is 17.6. The Bertz CT molecular complexity index is 1030. The van der Waals surface area contributed by atoms with Gasteiger partial charge in [0.15, 0.2) is 0 Å². The average Bonchev–Trinajstić information content (AvgIpc) is 3.05. The summed E-state index contributed by atoms with van der Waals surface area (Å²) in [6.07, 6.45) is -3.15. The fraction of sp³-hybridized carbons (Fsp3) is 0.0625. The van der Waals surface area contributed by atoms with Crippen molar-refractivity contribution in [1.82, 2.24) is 10.1 Å². The number of benzene rings is 2. The molecule has 1 aromatic heterocycles. The molecule has 1 aliphatic rings. The maximum absolute atomic E-state index is 12.9. The molecule has 5 nitrogen and oxygen atoms in total. The standard InChI is InChI=1S/C16H8F3N3O2S/c17-16(18,19)15-21-14(22-24-15)9-5-6-10-8-20-11-3-1-2-4-12(11)25(23)13(10)7-9/h1-8H. The van der Waals surface area contributed by atoms with Crippen molar-refractivity contribution in [2.75, 3.05) is 0 Å². The van der Waals surface area contributed by atoms with E-state index in [0.29, 0.717) is 21.0 Å². The molecule has 0 saturated heterocycles. The smallest absolute Gasteiger partial charge is 0.329 e. The van der Waals surface area contributed by atoms with Gasteiger partial charge in [-0.2, -0.15) is 18.2 Å². The number of alkyl halides is 3. The van der Waals surface area contributed by atoms with Gasteiger partial charge in [0.05, 0.1) is 26.3 Å². The monoisotopic (exact) mass is 363 g/mol. The van der Waals surface area contributed by atoms with Gasteiger partial charge in [-0.15, -0.1) is 0 Å². The minimum Gasteiger partial charge on any atom is -0.329 e. The van der Waals surface area contributed by atoms with E-state index in [9.17, 15) is 17.4 Å². The van der Waals surface area contributed by atoms with Crippen molar-refractivity contribution in [1.29, 1.82) is 0 Å². The lowest BCUT2D eigenvalue weighted by molar-refractivity contribution is -0.159. The number of aromatic nitrogens is 2. The second kappa shape index (κ2) is 5.62. The van der Waals surface area contributed by atoms with Crippen LogP contribution in [-0.2, 0) is 17.0 Å². The molecule has 1 atom stereocenters. The molecule has 9 heteroatoms. The highest BCUT2D eigenvalue weighted by molar-refractivity contribution is 7.85. The summed E-state index contributed by atoms with van der Waals surface area (Å²) in [5.74, 6) is -1.65. The first kappa shape index (κ1) is 15.7. The summed E-state index contributed by atoms with van der Waals surface area (Å²) in [7, 11) is -1.54. The Labute approximate surface area is 141 Å². The predicted molar refractivity (Wildman–Crippen MR) is 83.1 cm³/mol. The Morgan fingerprint density at radius 2 is 1.84 bits per heavy atom. The Kier molecular flexibility index (Phi) is 3.53. The zero-order valence-corrected chi connectivity index (χ0v) is 13.1.